The molecule has 68 valence electrons. The lowest BCUT2D eigenvalue weighted by Crippen LogP contribution is -2.33. The topological polar surface area (TPSA) is 48.1 Å². The van der Waals surface area contributed by atoms with Gasteiger partial charge < -0.3 is 10.5 Å². The van der Waals surface area contributed by atoms with Gasteiger partial charge in [-0.15, -0.1) is 0 Å². The van der Waals surface area contributed by atoms with Crippen LogP contribution in [0.2, 0.25) is 0 Å². The number of nitrogens with zero attached hydrogens (tertiary/aromatic N) is 1. The van der Waals surface area contributed by atoms with E-state index in [9.17, 15) is 0 Å². The third kappa shape index (κ3) is 2.79. The summed E-state index contributed by atoms with van der Waals surface area (Å²) in [4.78, 5) is 1.17. The minimum absolute atomic E-state index is 0.169. The number of rotatable bonds is 3. The smallest absolute Gasteiger partial charge is 0.225 e. The molecule has 0 aliphatic heterocycles. The number of methoxy groups -OCH3 is 1. The SMILES string of the molecule is COc1cc(CC(C)(C)N)sn1. The second-order valence-electron chi connectivity index (χ2n) is 3.50. The van der Waals surface area contributed by atoms with Crippen molar-refractivity contribution >= 4 is 11.5 Å². The minimum Gasteiger partial charge on any atom is -0.480 e. The van der Waals surface area contributed by atoms with Crippen molar-refractivity contribution < 1.29 is 4.74 Å². The first-order valence-electron chi connectivity index (χ1n) is 3.80. The van der Waals surface area contributed by atoms with Crippen LogP contribution in [0.15, 0.2) is 6.07 Å². The quantitative estimate of drug-likeness (QED) is 0.777. The van der Waals surface area contributed by atoms with Gasteiger partial charge in [-0.05, 0) is 25.4 Å². The molecule has 0 radical (unpaired) electrons. The molecule has 12 heavy (non-hydrogen) atoms. The lowest BCUT2D eigenvalue weighted by Gasteiger charge is -2.15. The maximum absolute atomic E-state index is 5.86. The van der Waals surface area contributed by atoms with Crippen molar-refractivity contribution in [2.75, 3.05) is 7.11 Å². The Bertz CT molecular complexity index is 252. The Morgan fingerprint density at radius 2 is 2.33 bits per heavy atom. The van der Waals surface area contributed by atoms with E-state index in [0.717, 1.165) is 6.42 Å². The molecule has 0 bridgehead atoms. The maximum atomic E-state index is 5.86. The molecule has 0 aromatic carbocycles. The van der Waals surface area contributed by atoms with E-state index in [-0.39, 0.29) is 5.54 Å². The van der Waals surface area contributed by atoms with Gasteiger partial charge in [0.2, 0.25) is 5.88 Å². The van der Waals surface area contributed by atoms with E-state index >= 15 is 0 Å². The lowest BCUT2D eigenvalue weighted by molar-refractivity contribution is 0.402. The normalized spacial score (nSPS) is 11.7. The van der Waals surface area contributed by atoms with Crippen LogP contribution in [0.25, 0.3) is 0 Å². The highest BCUT2D eigenvalue weighted by Gasteiger charge is 2.13. The molecule has 0 aliphatic carbocycles. The van der Waals surface area contributed by atoms with Crippen LogP contribution in [0.4, 0.5) is 0 Å². The zero-order valence-corrected chi connectivity index (χ0v) is 8.44. The van der Waals surface area contributed by atoms with Crippen molar-refractivity contribution in [1.82, 2.24) is 4.37 Å². The van der Waals surface area contributed by atoms with E-state index in [4.69, 9.17) is 10.5 Å². The van der Waals surface area contributed by atoms with Gasteiger partial charge in [-0.1, -0.05) is 0 Å². The van der Waals surface area contributed by atoms with E-state index in [1.54, 1.807) is 7.11 Å². The molecule has 2 N–H and O–H groups in total. The van der Waals surface area contributed by atoms with Gasteiger partial charge in [-0.25, -0.2) is 0 Å². The molecule has 4 heteroatoms. The van der Waals surface area contributed by atoms with Crippen LogP contribution in [0.5, 0.6) is 5.88 Å². The monoisotopic (exact) mass is 186 g/mol. The van der Waals surface area contributed by atoms with Crippen molar-refractivity contribution in [3.8, 4) is 5.88 Å². The molecule has 1 aromatic heterocycles. The molecule has 0 unspecified atom stereocenters. The predicted octanol–water partition coefficient (Wildman–Crippen LogP) is 1.43. The van der Waals surface area contributed by atoms with Gasteiger partial charge >= 0.3 is 0 Å². The molecule has 0 fully saturated rings. The van der Waals surface area contributed by atoms with Gasteiger partial charge in [-0.3, -0.25) is 0 Å². The zero-order chi connectivity index (χ0) is 9.19. The summed E-state index contributed by atoms with van der Waals surface area (Å²) in [7, 11) is 1.62. The second kappa shape index (κ2) is 3.41. The van der Waals surface area contributed by atoms with E-state index in [1.165, 1.54) is 16.4 Å². The van der Waals surface area contributed by atoms with Crippen LogP contribution in [0.3, 0.4) is 0 Å². The molecule has 1 aromatic rings. The first-order valence-corrected chi connectivity index (χ1v) is 4.57. The average Bonchev–Trinajstić information content (AvgIpc) is 2.32. The molecule has 0 atom stereocenters. The van der Waals surface area contributed by atoms with Gasteiger partial charge in [-0.2, -0.15) is 4.37 Å². The van der Waals surface area contributed by atoms with Crippen LogP contribution in [-0.4, -0.2) is 17.0 Å². The van der Waals surface area contributed by atoms with Gasteiger partial charge in [0.1, 0.15) is 0 Å². The van der Waals surface area contributed by atoms with Crippen molar-refractivity contribution in [3.63, 3.8) is 0 Å². The molecule has 0 spiro atoms. The summed E-state index contributed by atoms with van der Waals surface area (Å²) < 4.78 is 9.05. The molecular formula is C8H14N2OS. The number of aromatic nitrogens is 1. The third-order valence-corrected chi connectivity index (χ3v) is 2.14. The Labute approximate surface area is 76.7 Å². The number of nitrogens with two attached hydrogens (primary N) is 1. The minimum atomic E-state index is -0.169. The largest absolute Gasteiger partial charge is 0.480 e. The fourth-order valence-electron chi connectivity index (χ4n) is 0.923. The molecule has 0 aliphatic rings. The summed E-state index contributed by atoms with van der Waals surface area (Å²) in [6, 6.07) is 1.93. The molecule has 0 saturated heterocycles. The Hall–Kier alpha value is -0.610. The van der Waals surface area contributed by atoms with Gasteiger partial charge in [0.25, 0.3) is 0 Å². The van der Waals surface area contributed by atoms with Gasteiger partial charge in [0, 0.05) is 22.9 Å². The van der Waals surface area contributed by atoms with Crippen molar-refractivity contribution in [1.29, 1.82) is 0 Å². The number of hydrogen-bond donors (Lipinski definition) is 1. The number of hydrogen-bond acceptors (Lipinski definition) is 4. The third-order valence-electron chi connectivity index (χ3n) is 1.38. The van der Waals surface area contributed by atoms with Gasteiger partial charge in [0.05, 0.1) is 7.11 Å². The summed E-state index contributed by atoms with van der Waals surface area (Å²) in [5, 5.41) is 0. The number of ether oxygens (including phenoxy) is 1. The Balaban J connectivity index is 2.64. The van der Waals surface area contributed by atoms with Crippen LogP contribution in [-0.2, 0) is 6.42 Å². The fourth-order valence-corrected chi connectivity index (χ4v) is 1.85. The molecule has 3 nitrogen and oxygen atoms in total. The highest BCUT2D eigenvalue weighted by Crippen LogP contribution is 2.19. The first-order chi connectivity index (χ1) is 5.51. The second-order valence-corrected chi connectivity index (χ2v) is 4.39. The van der Waals surface area contributed by atoms with Crippen molar-refractivity contribution in [2.45, 2.75) is 25.8 Å². The fraction of sp³-hybridized carbons (Fsp3) is 0.625. The van der Waals surface area contributed by atoms with Crippen molar-refractivity contribution in [3.05, 3.63) is 10.9 Å². The Kier molecular flexibility index (Phi) is 2.69. The standard InChI is InChI=1S/C8H14N2OS/c1-8(2,9)5-6-4-7(11-3)10-12-6/h4H,5,9H2,1-3H3. The highest BCUT2D eigenvalue weighted by molar-refractivity contribution is 7.05. The molecule has 0 saturated carbocycles. The van der Waals surface area contributed by atoms with E-state index < -0.39 is 0 Å². The summed E-state index contributed by atoms with van der Waals surface area (Å²) in [6.07, 6.45) is 0.841. The highest BCUT2D eigenvalue weighted by atomic mass is 32.1. The van der Waals surface area contributed by atoms with Crippen LogP contribution in [0.1, 0.15) is 18.7 Å². The van der Waals surface area contributed by atoms with Gasteiger partial charge in [0.15, 0.2) is 0 Å². The van der Waals surface area contributed by atoms with Crippen LogP contribution in [0, 0.1) is 0 Å². The lowest BCUT2D eigenvalue weighted by atomic mass is 10.0. The van der Waals surface area contributed by atoms with E-state index in [1.807, 2.05) is 19.9 Å². The van der Waals surface area contributed by atoms with Crippen LogP contribution >= 0.6 is 11.5 Å². The summed E-state index contributed by atoms with van der Waals surface area (Å²) in [5.74, 6) is 0.680. The summed E-state index contributed by atoms with van der Waals surface area (Å²) in [6.45, 7) is 4.00. The maximum Gasteiger partial charge on any atom is 0.225 e. The first kappa shape index (κ1) is 9.48. The predicted molar refractivity (Wildman–Crippen MR) is 50.6 cm³/mol. The van der Waals surface area contributed by atoms with E-state index in [2.05, 4.69) is 4.37 Å². The van der Waals surface area contributed by atoms with Crippen molar-refractivity contribution in [2.24, 2.45) is 5.73 Å². The molecule has 1 heterocycles. The molecular weight excluding hydrogens is 172 g/mol. The molecule has 1 rings (SSSR count). The summed E-state index contributed by atoms with van der Waals surface area (Å²) in [5.41, 5.74) is 5.69. The average molecular weight is 186 g/mol. The zero-order valence-electron chi connectivity index (χ0n) is 7.63. The van der Waals surface area contributed by atoms with E-state index in [0.29, 0.717) is 5.88 Å². The summed E-state index contributed by atoms with van der Waals surface area (Å²) >= 11 is 1.45. The Morgan fingerprint density at radius 3 is 2.75 bits per heavy atom. The van der Waals surface area contributed by atoms with Crippen LogP contribution < -0.4 is 10.5 Å². The Morgan fingerprint density at radius 1 is 1.67 bits per heavy atom. The molecule has 0 amide bonds.